The van der Waals surface area contributed by atoms with Crippen molar-refractivity contribution in [2.75, 3.05) is 13.7 Å². The van der Waals surface area contributed by atoms with Crippen LogP contribution in [0.4, 0.5) is 4.79 Å². The number of furan rings is 1. The Morgan fingerprint density at radius 1 is 1.19 bits per heavy atom. The molecule has 7 nitrogen and oxygen atoms in total. The maximum atomic E-state index is 11.7. The molecule has 0 aliphatic carbocycles. The molecule has 1 aliphatic rings. The maximum absolute atomic E-state index is 11.7. The van der Waals surface area contributed by atoms with Gasteiger partial charge in [0.05, 0.1) is 13.4 Å². The fraction of sp³-hybridized carbons (Fsp3) is 0.700. The molecule has 1 fully saturated rings. The van der Waals surface area contributed by atoms with Crippen LogP contribution in [0.2, 0.25) is 0 Å². The highest BCUT2D eigenvalue weighted by molar-refractivity contribution is 5.69. The predicted molar refractivity (Wildman–Crippen MR) is 98.3 cm³/mol. The number of cyclic esters (lactones) is 1. The normalized spacial score (nSPS) is 19.3. The third-order valence-corrected chi connectivity index (χ3v) is 5.23. The highest BCUT2D eigenvalue weighted by Crippen LogP contribution is 2.33. The summed E-state index contributed by atoms with van der Waals surface area (Å²) in [6.07, 6.45) is 10.2. The molecule has 152 valence electrons. The van der Waals surface area contributed by atoms with Gasteiger partial charge in [0, 0.05) is 12.8 Å². The molecule has 1 unspecified atom stereocenters. The van der Waals surface area contributed by atoms with Crippen LogP contribution in [0.15, 0.2) is 22.8 Å². The molecule has 1 atom stereocenters. The van der Waals surface area contributed by atoms with E-state index in [0.29, 0.717) is 12.8 Å². The number of ether oxygens (including phenoxy) is 2. The molecule has 1 N–H and O–H groups in total. The van der Waals surface area contributed by atoms with Gasteiger partial charge in [-0.2, -0.15) is 5.06 Å². The number of unbranched alkanes of at least 4 members (excludes halogenated alkanes) is 5. The highest BCUT2D eigenvalue weighted by atomic mass is 16.7. The smallest absolute Gasteiger partial charge is 0.434 e. The highest BCUT2D eigenvalue weighted by Gasteiger charge is 2.46. The first-order chi connectivity index (χ1) is 13.1. The molecule has 1 aromatic rings. The van der Waals surface area contributed by atoms with Crippen LogP contribution < -0.4 is 0 Å². The summed E-state index contributed by atoms with van der Waals surface area (Å²) in [4.78, 5) is 22.8. The summed E-state index contributed by atoms with van der Waals surface area (Å²) >= 11 is 0. The van der Waals surface area contributed by atoms with E-state index in [1.807, 2.05) is 12.1 Å². The van der Waals surface area contributed by atoms with Gasteiger partial charge in [0.15, 0.2) is 0 Å². The van der Waals surface area contributed by atoms with E-state index in [1.54, 1.807) is 6.26 Å². The molecule has 2 heterocycles. The maximum Gasteiger partial charge on any atom is 0.434 e. The molecular formula is C20H31NO6. The molecule has 0 aromatic carbocycles. The molecule has 0 bridgehead atoms. The SMILES string of the molecule is COC(=O)CCCCCCC1(CCCCCc2ccco2)COC(=O)N1O. The Hall–Kier alpha value is -2.02. The zero-order valence-electron chi connectivity index (χ0n) is 16.2. The van der Waals surface area contributed by atoms with Gasteiger partial charge in [0.2, 0.25) is 0 Å². The number of carbonyl (C=O) groups excluding carboxylic acids is 2. The first kappa shape index (κ1) is 21.3. The Balaban J connectivity index is 1.69. The summed E-state index contributed by atoms with van der Waals surface area (Å²) in [5, 5.41) is 11.0. The zero-order chi connectivity index (χ0) is 19.5. The van der Waals surface area contributed by atoms with Crippen molar-refractivity contribution < 1.29 is 28.7 Å². The Labute approximate surface area is 160 Å². The number of carbonyl (C=O) groups is 2. The lowest BCUT2D eigenvalue weighted by Crippen LogP contribution is -2.45. The lowest BCUT2D eigenvalue weighted by Gasteiger charge is -2.31. The predicted octanol–water partition coefficient (Wildman–Crippen LogP) is 4.48. The van der Waals surface area contributed by atoms with Crippen LogP contribution in [-0.2, 0) is 20.7 Å². The number of rotatable bonds is 13. The molecular weight excluding hydrogens is 350 g/mol. The van der Waals surface area contributed by atoms with Gasteiger partial charge in [-0.25, -0.2) is 4.79 Å². The zero-order valence-corrected chi connectivity index (χ0v) is 16.2. The number of hydrogen-bond donors (Lipinski definition) is 1. The van der Waals surface area contributed by atoms with Crippen molar-refractivity contribution in [2.45, 2.75) is 76.2 Å². The molecule has 0 radical (unpaired) electrons. The number of nitrogens with zero attached hydrogens (tertiary/aromatic N) is 1. The minimum absolute atomic E-state index is 0.183. The number of esters is 1. The van der Waals surface area contributed by atoms with Crippen LogP contribution in [0.25, 0.3) is 0 Å². The topological polar surface area (TPSA) is 89.2 Å². The van der Waals surface area contributed by atoms with Gasteiger partial charge in [-0.15, -0.1) is 0 Å². The minimum Gasteiger partial charge on any atom is -0.469 e. The summed E-state index contributed by atoms with van der Waals surface area (Å²) < 4.78 is 15.0. The Morgan fingerprint density at radius 3 is 2.48 bits per heavy atom. The van der Waals surface area contributed by atoms with Gasteiger partial charge < -0.3 is 13.9 Å². The van der Waals surface area contributed by atoms with Crippen molar-refractivity contribution in [3.63, 3.8) is 0 Å². The summed E-state index contributed by atoms with van der Waals surface area (Å²) in [5.41, 5.74) is -0.621. The molecule has 1 amide bonds. The van der Waals surface area contributed by atoms with Crippen molar-refractivity contribution in [3.8, 4) is 0 Å². The molecule has 1 aliphatic heterocycles. The van der Waals surface area contributed by atoms with Crippen LogP contribution in [0.3, 0.4) is 0 Å². The number of amides is 1. The van der Waals surface area contributed by atoms with Crippen LogP contribution in [0.1, 0.15) is 70.0 Å². The molecule has 27 heavy (non-hydrogen) atoms. The quantitative estimate of drug-likeness (QED) is 0.308. The van der Waals surface area contributed by atoms with Gasteiger partial charge >= 0.3 is 12.1 Å². The number of hydrogen-bond acceptors (Lipinski definition) is 6. The van der Waals surface area contributed by atoms with Crippen molar-refractivity contribution in [1.82, 2.24) is 5.06 Å². The second-order valence-electron chi connectivity index (χ2n) is 7.22. The Kier molecular flexibility index (Phi) is 8.64. The van der Waals surface area contributed by atoms with Crippen molar-refractivity contribution in [2.24, 2.45) is 0 Å². The van der Waals surface area contributed by atoms with E-state index in [4.69, 9.17) is 9.15 Å². The first-order valence-corrected chi connectivity index (χ1v) is 9.82. The molecule has 7 heteroatoms. The Morgan fingerprint density at radius 2 is 1.89 bits per heavy atom. The molecule has 2 rings (SSSR count). The van der Waals surface area contributed by atoms with Gasteiger partial charge in [0.25, 0.3) is 0 Å². The lowest BCUT2D eigenvalue weighted by molar-refractivity contribution is -0.140. The molecule has 1 saturated heterocycles. The van der Waals surface area contributed by atoms with E-state index in [1.165, 1.54) is 7.11 Å². The minimum atomic E-state index is -0.656. The third kappa shape index (κ3) is 6.57. The average Bonchev–Trinajstić information content (AvgIpc) is 3.28. The van der Waals surface area contributed by atoms with E-state index in [-0.39, 0.29) is 12.6 Å². The second kappa shape index (κ2) is 11.0. The van der Waals surface area contributed by atoms with E-state index in [2.05, 4.69) is 4.74 Å². The van der Waals surface area contributed by atoms with Crippen LogP contribution in [0, 0.1) is 0 Å². The van der Waals surface area contributed by atoms with Crippen LogP contribution >= 0.6 is 0 Å². The number of methoxy groups -OCH3 is 1. The number of aryl methyl sites for hydroxylation is 1. The van der Waals surface area contributed by atoms with E-state index in [9.17, 15) is 14.8 Å². The fourth-order valence-corrected chi connectivity index (χ4v) is 3.56. The largest absolute Gasteiger partial charge is 0.469 e. The monoisotopic (exact) mass is 381 g/mol. The fourth-order valence-electron chi connectivity index (χ4n) is 3.56. The summed E-state index contributed by atoms with van der Waals surface area (Å²) in [5.74, 6) is 0.803. The summed E-state index contributed by atoms with van der Waals surface area (Å²) in [6.45, 7) is 0.239. The second-order valence-corrected chi connectivity index (χ2v) is 7.22. The van der Waals surface area contributed by atoms with Gasteiger partial charge in [-0.05, 0) is 37.8 Å². The van der Waals surface area contributed by atoms with Crippen LogP contribution in [-0.4, -0.2) is 41.6 Å². The molecule has 0 spiro atoms. The van der Waals surface area contributed by atoms with E-state index in [0.717, 1.165) is 68.6 Å². The number of hydroxylamine groups is 2. The van der Waals surface area contributed by atoms with Crippen molar-refractivity contribution in [3.05, 3.63) is 24.2 Å². The summed E-state index contributed by atoms with van der Waals surface area (Å²) in [7, 11) is 1.40. The molecule has 0 saturated carbocycles. The van der Waals surface area contributed by atoms with E-state index >= 15 is 0 Å². The van der Waals surface area contributed by atoms with Gasteiger partial charge in [0.1, 0.15) is 17.9 Å². The standard InChI is InChI=1S/C20H31NO6/c1-25-18(22)12-6-2-3-7-13-20(16-27-19(23)21(20)24)14-8-4-5-10-17-11-9-15-26-17/h9,11,15,24H,2-8,10,12-14,16H2,1H3. The first-order valence-electron chi connectivity index (χ1n) is 9.82. The van der Waals surface area contributed by atoms with Crippen molar-refractivity contribution in [1.29, 1.82) is 0 Å². The summed E-state index contributed by atoms with van der Waals surface area (Å²) in [6, 6.07) is 3.86. The van der Waals surface area contributed by atoms with Crippen molar-refractivity contribution >= 4 is 12.1 Å². The lowest BCUT2D eigenvalue weighted by atomic mass is 9.87. The average molecular weight is 381 g/mol. The Bertz CT molecular complexity index is 573. The molecule has 1 aromatic heterocycles. The van der Waals surface area contributed by atoms with Gasteiger partial charge in [-0.1, -0.05) is 32.1 Å². The van der Waals surface area contributed by atoms with E-state index < -0.39 is 11.6 Å². The van der Waals surface area contributed by atoms with Gasteiger partial charge in [-0.3, -0.25) is 10.0 Å². The third-order valence-electron chi connectivity index (χ3n) is 5.23. The van der Waals surface area contributed by atoms with Crippen LogP contribution in [0.5, 0.6) is 0 Å².